The number of hydrogen-bond donors (Lipinski definition) is 1. The average molecular weight is 355 g/mol. The molecule has 1 N–H and O–H groups in total. The highest BCUT2D eigenvalue weighted by Crippen LogP contribution is 2.20. The summed E-state index contributed by atoms with van der Waals surface area (Å²) in [6.45, 7) is 3.15. The predicted molar refractivity (Wildman–Crippen MR) is 97.5 cm³/mol. The summed E-state index contributed by atoms with van der Waals surface area (Å²) < 4.78 is 0. The van der Waals surface area contributed by atoms with Crippen molar-refractivity contribution in [1.29, 1.82) is 5.26 Å². The molecule has 3 rings (SSSR count). The number of carbonyl (C=O) groups is 1. The summed E-state index contributed by atoms with van der Waals surface area (Å²) in [4.78, 5) is 18.5. The van der Waals surface area contributed by atoms with E-state index in [-0.39, 0.29) is 11.9 Å². The van der Waals surface area contributed by atoms with E-state index in [1.54, 1.807) is 12.1 Å². The van der Waals surface area contributed by atoms with Gasteiger partial charge in [-0.1, -0.05) is 23.7 Å². The van der Waals surface area contributed by atoms with Gasteiger partial charge in [0.05, 0.1) is 11.6 Å². The lowest BCUT2D eigenvalue weighted by atomic mass is 10.1. The lowest BCUT2D eigenvalue weighted by Crippen LogP contribution is -2.30. The number of nitrogens with one attached hydrogen (secondary N) is 1. The molecule has 0 saturated carbocycles. The van der Waals surface area contributed by atoms with Gasteiger partial charge in [-0.25, -0.2) is 4.98 Å². The highest BCUT2D eigenvalue weighted by Gasteiger charge is 2.29. The van der Waals surface area contributed by atoms with Gasteiger partial charge < -0.3 is 10.2 Å². The molecule has 1 aliphatic rings. The van der Waals surface area contributed by atoms with Gasteiger partial charge in [0.15, 0.2) is 0 Å². The molecule has 1 aliphatic heterocycles. The van der Waals surface area contributed by atoms with Crippen molar-refractivity contribution < 1.29 is 4.79 Å². The number of pyridine rings is 1. The van der Waals surface area contributed by atoms with Crippen molar-refractivity contribution in [3.63, 3.8) is 0 Å². The van der Waals surface area contributed by atoms with Crippen LogP contribution in [0.3, 0.4) is 0 Å². The number of aryl methyl sites for hydroxylation is 1. The molecule has 1 amide bonds. The number of amides is 1. The number of aromatic nitrogens is 1. The van der Waals surface area contributed by atoms with Crippen molar-refractivity contribution in [1.82, 2.24) is 9.88 Å². The fourth-order valence-corrected chi connectivity index (χ4v) is 3.20. The Morgan fingerprint density at radius 3 is 3.00 bits per heavy atom. The topological polar surface area (TPSA) is 69.0 Å². The fraction of sp³-hybridized carbons (Fsp3) is 0.316. The molecule has 2 aromatic rings. The minimum absolute atomic E-state index is 0.0340. The van der Waals surface area contributed by atoms with E-state index in [9.17, 15) is 10.1 Å². The van der Waals surface area contributed by atoms with Crippen molar-refractivity contribution in [3.8, 4) is 6.07 Å². The van der Waals surface area contributed by atoms with Crippen LogP contribution in [0, 0.1) is 18.3 Å². The van der Waals surface area contributed by atoms with Crippen LogP contribution < -0.4 is 5.32 Å². The Kier molecular flexibility index (Phi) is 5.20. The van der Waals surface area contributed by atoms with E-state index in [2.05, 4.69) is 16.4 Å². The first-order chi connectivity index (χ1) is 12.0. The second-order valence-corrected chi connectivity index (χ2v) is 6.66. The van der Waals surface area contributed by atoms with E-state index in [1.165, 1.54) is 0 Å². The van der Waals surface area contributed by atoms with E-state index in [4.69, 9.17) is 11.6 Å². The Hall–Kier alpha value is -2.58. The van der Waals surface area contributed by atoms with Gasteiger partial charge in [-0.15, -0.1) is 0 Å². The maximum Gasteiger partial charge on any atom is 0.224 e. The number of carbonyl (C=O) groups excluding carboxylic acids is 1. The number of halogens is 1. The highest BCUT2D eigenvalue weighted by molar-refractivity contribution is 6.30. The van der Waals surface area contributed by atoms with Crippen LogP contribution in [-0.4, -0.2) is 34.9 Å². The van der Waals surface area contributed by atoms with E-state index in [1.807, 2.05) is 36.1 Å². The summed E-state index contributed by atoms with van der Waals surface area (Å²) in [5.74, 6) is 0.669. The second kappa shape index (κ2) is 7.54. The fourth-order valence-electron chi connectivity index (χ4n) is 2.99. The average Bonchev–Trinajstić information content (AvgIpc) is 2.93. The van der Waals surface area contributed by atoms with E-state index < -0.39 is 0 Å². The molecule has 1 aromatic carbocycles. The first-order valence-corrected chi connectivity index (χ1v) is 8.59. The molecule has 1 fully saturated rings. The second-order valence-electron chi connectivity index (χ2n) is 6.23. The van der Waals surface area contributed by atoms with Crippen LogP contribution in [0.1, 0.15) is 23.2 Å². The largest absolute Gasteiger partial charge is 0.364 e. The number of benzene rings is 1. The monoisotopic (exact) mass is 354 g/mol. The Bertz CT molecular complexity index is 830. The van der Waals surface area contributed by atoms with E-state index >= 15 is 0 Å². The summed E-state index contributed by atoms with van der Waals surface area (Å²) in [5.41, 5.74) is 2.45. The quantitative estimate of drug-likeness (QED) is 0.895. The minimum atomic E-state index is -0.0340. The molecule has 6 heteroatoms. The first kappa shape index (κ1) is 17.2. The predicted octanol–water partition coefficient (Wildman–Crippen LogP) is 3.17. The molecular formula is C19H19ClN4O. The van der Waals surface area contributed by atoms with Gasteiger partial charge in [-0.05, 0) is 43.2 Å². The zero-order valence-corrected chi connectivity index (χ0v) is 14.8. The summed E-state index contributed by atoms with van der Waals surface area (Å²) in [5, 5.41) is 13.2. The SMILES string of the molecule is Cc1ccc(C#N)c(NC2CC(=O)N(CCc3cccc(Cl)c3)C2)n1. The summed E-state index contributed by atoms with van der Waals surface area (Å²) in [6, 6.07) is 13.4. The maximum absolute atomic E-state index is 12.3. The van der Waals surface area contributed by atoms with Crippen LogP contribution in [0.4, 0.5) is 5.82 Å². The molecule has 25 heavy (non-hydrogen) atoms. The van der Waals surface area contributed by atoms with Crippen molar-refractivity contribution in [2.24, 2.45) is 0 Å². The summed E-state index contributed by atoms with van der Waals surface area (Å²) in [7, 11) is 0. The minimum Gasteiger partial charge on any atom is -0.364 e. The Balaban J connectivity index is 1.61. The molecule has 5 nitrogen and oxygen atoms in total. The molecule has 1 saturated heterocycles. The van der Waals surface area contributed by atoms with Crippen LogP contribution in [-0.2, 0) is 11.2 Å². The molecule has 0 aliphatic carbocycles. The zero-order valence-electron chi connectivity index (χ0n) is 14.0. The molecule has 0 spiro atoms. The van der Waals surface area contributed by atoms with Crippen molar-refractivity contribution in [2.45, 2.75) is 25.8 Å². The molecular weight excluding hydrogens is 336 g/mol. The summed E-state index contributed by atoms with van der Waals surface area (Å²) in [6.07, 6.45) is 1.18. The van der Waals surface area contributed by atoms with Crippen LogP contribution in [0.2, 0.25) is 5.02 Å². The number of rotatable bonds is 5. The Morgan fingerprint density at radius 1 is 1.40 bits per heavy atom. The Labute approximate surface area is 152 Å². The third kappa shape index (κ3) is 4.28. The van der Waals surface area contributed by atoms with Crippen LogP contribution in [0.5, 0.6) is 0 Å². The smallest absolute Gasteiger partial charge is 0.224 e. The molecule has 1 unspecified atom stereocenters. The summed E-state index contributed by atoms with van der Waals surface area (Å²) >= 11 is 6.00. The van der Waals surface area contributed by atoms with Gasteiger partial charge in [0.2, 0.25) is 5.91 Å². The van der Waals surface area contributed by atoms with E-state index in [0.29, 0.717) is 35.9 Å². The number of anilines is 1. The van der Waals surface area contributed by atoms with Crippen LogP contribution >= 0.6 is 11.6 Å². The van der Waals surface area contributed by atoms with E-state index in [0.717, 1.165) is 17.7 Å². The number of nitriles is 1. The lowest BCUT2D eigenvalue weighted by molar-refractivity contribution is -0.127. The third-order valence-corrected chi connectivity index (χ3v) is 4.50. The van der Waals surface area contributed by atoms with Crippen molar-refractivity contribution >= 4 is 23.3 Å². The number of likely N-dealkylation sites (tertiary alicyclic amines) is 1. The molecule has 1 atom stereocenters. The zero-order chi connectivity index (χ0) is 17.8. The first-order valence-electron chi connectivity index (χ1n) is 8.21. The molecule has 0 bridgehead atoms. The lowest BCUT2D eigenvalue weighted by Gasteiger charge is -2.18. The van der Waals surface area contributed by atoms with Gasteiger partial charge in [-0.2, -0.15) is 5.26 Å². The molecule has 0 radical (unpaired) electrons. The van der Waals surface area contributed by atoms with Crippen molar-refractivity contribution in [2.75, 3.05) is 18.4 Å². The van der Waals surface area contributed by atoms with Gasteiger partial charge in [0.1, 0.15) is 11.9 Å². The Morgan fingerprint density at radius 2 is 2.24 bits per heavy atom. The normalized spacial score (nSPS) is 16.8. The van der Waals surface area contributed by atoms with Gasteiger partial charge in [-0.3, -0.25) is 4.79 Å². The van der Waals surface area contributed by atoms with Crippen molar-refractivity contribution in [3.05, 3.63) is 58.2 Å². The standard InChI is InChI=1S/C19H19ClN4O/c1-13-5-6-15(11-21)19(22-13)23-17-10-18(25)24(12-17)8-7-14-3-2-4-16(20)9-14/h2-6,9,17H,7-8,10,12H2,1H3,(H,22,23). The van der Waals surface area contributed by atoms with Crippen LogP contribution in [0.25, 0.3) is 0 Å². The maximum atomic E-state index is 12.3. The molecule has 128 valence electrons. The number of hydrogen-bond acceptors (Lipinski definition) is 4. The van der Waals surface area contributed by atoms with Gasteiger partial charge in [0, 0.05) is 30.2 Å². The highest BCUT2D eigenvalue weighted by atomic mass is 35.5. The van der Waals surface area contributed by atoms with Crippen LogP contribution in [0.15, 0.2) is 36.4 Å². The molecule has 2 heterocycles. The number of nitrogens with zero attached hydrogens (tertiary/aromatic N) is 3. The van der Waals surface area contributed by atoms with Gasteiger partial charge >= 0.3 is 0 Å². The van der Waals surface area contributed by atoms with Gasteiger partial charge in [0.25, 0.3) is 0 Å². The molecule has 1 aromatic heterocycles. The third-order valence-electron chi connectivity index (χ3n) is 4.27.